The van der Waals surface area contributed by atoms with E-state index < -0.39 is 5.79 Å². The number of rotatable bonds is 3. The minimum absolute atomic E-state index is 0.0113. The molecule has 1 aliphatic rings. The summed E-state index contributed by atoms with van der Waals surface area (Å²) in [5.74, 6) is -0.734. The molecule has 0 saturated carbocycles. The molecule has 1 atom stereocenters. The second-order valence-electron chi connectivity index (χ2n) is 4.53. The molecular weight excluding hydrogens is 280 g/mol. The van der Waals surface area contributed by atoms with Crippen LogP contribution in [-0.4, -0.2) is 13.2 Å². The minimum Gasteiger partial charge on any atom is -0.339 e. The highest BCUT2D eigenvalue weighted by Crippen LogP contribution is 2.40. The van der Waals surface area contributed by atoms with Gasteiger partial charge < -0.3 is 9.47 Å². The Morgan fingerprint density at radius 2 is 1.84 bits per heavy atom. The first-order chi connectivity index (χ1) is 9.22. The molecule has 19 heavy (non-hydrogen) atoms. The predicted molar refractivity (Wildman–Crippen MR) is 77.7 cm³/mol. The molecule has 1 unspecified atom stereocenters. The van der Waals surface area contributed by atoms with Crippen LogP contribution in [-0.2, 0) is 15.3 Å². The molecule has 0 aliphatic carbocycles. The largest absolute Gasteiger partial charge is 0.339 e. The smallest absolute Gasteiger partial charge is 0.232 e. The third kappa shape index (κ3) is 2.32. The van der Waals surface area contributed by atoms with E-state index in [1.54, 1.807) is 11.3 Å². The van der Waals surface area contributed by atoms with E-state index in [1.807, 2.05) is 48.7 Å². The Labute approximate surface area is 121 Å². The predicted octanol–water partition coefficient (Wildman–Crippen LogP) is 4.30. The number of alkyl halides is 1. The average Bonchev–Trinajstić information content (AvgIpc) is 3.10. The number of ether oxygens (including phenoxy) is 2. The topological polar surface area (TPSA) is 18.5 Å². The molecule has 0 N–H and O–H groups in total. The van der Waals surface area contributed by atoms with E-state index in [1.165, 1.54) is 0 Å². The van der Waals surface area contributed by atoms with E-state index in [2.05, 4.69) is 0 Å². The lowest BCUT2D eigenvalue weighted by Crippen LogP contribution is -2.27. The Hall–Kier alpha value is -0.870. The standard InChI is InChI=1S/C15H15ClO2S/c1-11(16)12-4-6-13(7-5-12)15(17-8-9-18-15)14-3-2-10-19-14/h2-7,10-11H,8-9H2,1H3. The highest BCUT2D eigenvalue weighted by atomic mass is 35.5. The van der Waals surface area contributed by atoms with Gasteiger partial charge in [-0.05, 0) is 23.9 Å². The van der Waals surface area contributed by atoms with Gasteiger partial charge in [-0.25, -0.2) is 0 Å². The zero-order chi connectivity index (χ0) is 13.3. The van der Waals surface area contributed by atoms with E-state index >= 15 is 0 Å². The zero-order valence-corrected chi connectivity index (χ0v) is 12.2. The van der Waals surface area contributed by atoms with E-state index in [0.717, 1.165) is 16.0 Å². The minimum atomic E-state index is -0.734. The quantitative estimate of drug-likeness (QED) is 0.786. The van der Waals surface area contributed by atoms with Gasteiger partial charge in [-0.3, -0.25) is 0 Å². The van der Waals surface area contributed by atoms with E-state index in [9.17, 15) is 0 Å². The van der Waals surface area contributed by atoms with Crippen LogP contribution < -0.4 is 0 Å². The SMILES string of the molecule is CC(Cl)c1ccc(C2(c3cccs3)OCCO2)cc1. The molecule has 3 rings (SSSR count). The van der Waals surface area contributed by atoms with Gasteiger partial charge in [0.05, 0.1) is 23.5 Å². The second-order valence-corrected chi connectivity index (χ2v) is 6.13. The average molecular weight is 295 g/mol. The zero-order valence-electron chi connectivity index (χ0n) is 10.6. The van der Waals surface area contributed by atoms with Gasteiger partial charge in [0.1, 0.15) is 0 Å². The first-order valence-corrected chi connectivity index (χ1v) is 7.60. The molecule has 1 aliphatic heterocycles. The molecule has 1 aromatic carbocycles. The van der Waals surface area contributed by atoms with Crippen LogP contribution in [0.3, 0.4) is 0 Å². The van der Waals surface area contributed by atoms with Crippen LogP contribution >= 0.6 is 22.9 Å². The molecule has 4 heteroatoms. The van der Waals surface area contributed by atoms with E-state index in [0.29, 0.717) is 13.2 Å². The highest BCUT2D eigenvalue weighted by molar-refractivity contribution is 7.10. The van der Waals surface area contributed by atoms with Crippen LogP contribution in [0, 0.1) is 0 Å². The van der Waals surface area contributed by atoms with Gasteiger partial charge in [-0.2, -0.15) is 0 Å². The van der Waals surface area contributed by atoms with Crippen molar-refractivity contribution in [1.29, 1.82) is 0 Å². The Morgan fingerprint density at radius 3 is 2.37 bits per heavy atom. The summed E-state index contributed by atoms with van der Waals surface area (Å²) in [6.07, 6.45) is 0. The Kier molecular flexibility index (Phi) is 3.63. The molecule has 2 heterocycles. The number of thiophene rings is 1. The van der Waals surface area contributed by atoms with Crippen LogP contribution in [0.1, 0.15) is 28.3 Å². The fraction of sp³-hybridized carbons (Fsp3) is 0.333. The van der Waals surface area contributed by atoms with Crippen LogP contribution in [0.15, 0.2) is 41.8 Å². The molecule has 1 saturated heterocycles. The van der Waals surface area contributed by atoms with Crippen molar-refractivity contribution in [1.82, 2.24) is 0 Å². The Balaban J connectivity index is 2.01. The second kappa shape index (κ2) is 5.25. The molecule has 0 amide bonds. The van der Waals surface area contributed by atoms with Crippen molar-refractivity contribution in [3.05, 3.63) is 57.8 Å². The molecule has 100 valence electrons. The van der Waals surface area contributed by atoms with Crippen molar-refractivity contribution in [2.45, 2.75) is 18.1 Å². The van der Waals surface area contributed by atoms with Gasteiger partial charge in [0.25, 0.3) is 0 Å². The van der Waals surface area contributed by atoms with Crippen molar-refractivity contribution in [2.75, 3.05) is 13.2 Å². The normalized spacial score (nSPS) is 19.5. The Morgan fingerprint density at radius 1 is 1.16 bits per heavy atom. The summed E-state index contributed by atoms with van der Waals surface area (Å²) >= 11 is 7.74. The highest BCUT2D eigenvalue weighted by Gasteiger charge is 2.41. The summed E-state index contributed by atoms with van der Waals surface area (Å²) < 4.78 is 11.9. The van der Waals surface area contributed by atoms with Crippen molar-refractivity contribution >= 4 is 22.9 Å². The first-order valence-electron chi connectivity index (χ1n) is 6.29. The van der Waals surface area contributed by atoms with Crippen molar-refractivity contribution in [2.24, 2.45) is 0 Å². The third-order valence-corrected chi connectivity index (χ3v) is 4.49. The first kappa shape index (κ1) is 13.1. The van der Waals surface area contributed by atoms with Crippen LogP contribution in [0.4, 0.5) is 0 Å². The van der Waals surface area contributed by atoms with Gasteiger partial charge in [0.15, 0.2) is 0 Å². The summed E-state index contributed by atoms with van der Waals surface area (Å²) in [5.41, 5.74) is 2.12. The molecule has 2 aromatic rings. The fourth-order valence-electron chi connectivity index (χ4n) is 2.30. The van der Waals surface area contributed by atoms with Crippen molar-refractivity contribution in [3.8, 4) is 0 Å². The van der Waals surface area contributed by atoms with Gasteiger partial charge >= 0.3 is 0 Å². The molecule has 0 spiro atoms. The van der Waals surface area contributed by atoms with Crippen LogP contribution in [0.25, 0.3) is 0 Å². The monoisotopic (exact) mass is 294 g/mol. The fourth-order valence-corrected chi connectivity index (χ4v) is 3.29. The van der Waals surface area contributed by atoms with Gasteiger partial charge in [-0.15, -0.1) is 22.9 Å². The van der Waals surface area contributed by atoms with Crippen molar-refractivity contribution in [3.63, 3.8) is 0 Å². The Bertz CT molecular complexity index is 528. The molecule has 1 aromatic heterocycles. The summed E-state index contributed by atoms with van der Waals surface area (Å²) in [5, 5.41) is 2.05. The number of benzene rings is 1. The molecule has 0 bridgehead atoms. The summed E-state index contributed by atoms with van der Waals surface area (Å²) in [6.45, 7) is 3.20. The lowest BCUT2D eigenvalue weighted by atomic mass is 10.0. The molecular formula is C15H15ClO2S. The third-order valence-electron chi connectivity index (χ3n) is 3.29. The molecule has 2 nitrogen and oxygen atoms in total. The molecule has 0 radical (unpaired) electrons. The number of hydrogen-bond acceptors (Lipinski definition) is 3. The lowest BCUT2D eigenvalue weighted by Gasteiger charge is -2.27. The van der Waals surface area contributed by atoms with Gasteiger partial charge in [0, 0.05) is 5.56 Å². The van der Waals surface area contributed by atoms with Crippen LogP contribution in [0.2, 0.25) is 0 Å². The number of hydrogen-bond donors (Lipinski definition) is 0. The van der Waals surface area contributed by atoms with Crippen molar-refractivity contribution < 1.29 is 9.47 Å². The van der Waals surface area contributed by atoms with E-state index in [-0.39, 0.29) is 5.38 Å². The van der Waals surface area contributed by atoms with Crippen LogP contribution in [0.5, 0.6) is 0 Å². The molecule has 1 fully saturated rings. The van der Waals surface area contributed by atoms with Gasteiger partial charge in [-0.1, -0.05) is 30.3 Å². The van der Waals surface area contributed by atoms with E-state index in [4.69, 9.17) is 21.1 Å². The summed E-state index contributed by atoms with van der Waals surface area (Å²) in [7, 11) is 0. The maximum atomic E-state index is 6.09. The number of halogens is 1. The summed E-state index contributed by atoms with van der Waals surface area (Å²) in [4.78, 5) is 1.08. The maximum absolute atomic E-state index is 6.09. The maximum Gasteiger partial charge on any atom is 0.232 e. The lowest BCUT2D eigenvalue weighted by molar-refractivity contribution is -0.127. The summed E-state index contributed by atoms with van der Waals surface area (Å²) in [6, 6.07) is 12.2. The van der Waals surface area contributed by atoms with Gasteiger partial charge in [0.2, 0.25) is 5.79 Å².